The molecule has 122 valence electrons. The number of nitrogens with zero attached hydrogens (tertiary/aromatic N) is 1. The summed E-state index contributed by atoms with van der Waals surface area (Å²) in [5.74, 6) is 0. The largest absolute Gasteiger partial charge is 0.253 e. The molecule has 0 saturated heterocycles. The third kappa shape index (κ3) is 1.78. The van der Waals surface area contributed by atoms with E-state index in [0.717, 1.165) is 17.6 Å². The molecule has 0 saturated carbocycles. The lowest BCUT2D eigenvalue weighted by molar-refractivity contribution is 1.14. The van der Waals surface area contributed by atoms with Crippen LogP contribution in [0.1, 0.15) is 16.8 Å². The van der Waals surface area contributed by atoms with Gasteiger partial charge in [-0.15, -0.1) is 0 Å². The van der Waals surface area contributed by atoms with Gasteiger partial charge in [0.2, 0.25) is 0 Å². The van der Waals surface area contributed by atoms with E-state index in [1.54, 1.807) is 0 Å². The first-order valence-corrected chi connectivity index (χ1v) is 9.12. The van der Waals surface area contributed by atoms with Crippen molar-refractivity contribution in [2.75, 3.05) is 0 Å². The lowest BCUT2D eigenvalue weighted by Gasteiger charge is -2.10. The number of fused-ring (bicyclic) bond motifs is 8. The summed E-state index contributed by atoms with van der Waals surface area (Å²) < 4.78 is 0. The lowest BCUT2D eigenvalue weighted by atomic mass is 9.95. The molecule has 0 fully saturated rings. The van der Waals surface area contributed by atoms with Crippen molar-refractivity contribution in [3.8, 4) is 11.1 Å². The maximum absolute atomic E-state index is 4.85. The van der Waals surface area contributed by atoms with Crippen molar-refractivity contribution >= 4 is 32.4 Å². The highest BCUT2D eigenvalue weighted by atomic mass is 14.7. The van der Waals surface area contributed by atoms with Crippen LogP contribution in [0.4, 0.5) is 0 Å². The second-order valence-corrected chi connectivity index (χ2v) is 7.26. The Morgan fingerprint density at radius 1 is 0.731 bits per heavy atom. The normalized spacial score (nSPS) is 12.7. The van der Waals surface area contributed by atoms with Crippen molar-refractivity contribution in [2.45, 2.75) is 13.3 Å². The van der Waals surface area contributed by atoms with Gasteiger partial charge in [-0.3, -0.25) is 4.98 Å². The quantitative estimate of drug-likeness (QED) is 0.293. The molecule has 1 heteroatoms. The van der Waals surface area contributed by atoms with Crippen molar-refractivity contribution in [2.24, 2.45) is 0 Å². The number of pyridine rings is 1. The molecule has 6 rings (SSSR count). The van der Waals surface area contributed by atoms with E-state index < -0.39 is 0 Å². The molecule has 0 aliphatic heterocycles. The second-order valence-electron chi connectivity index (χ2n) is 7.26. The van der Waals surface area contributed by atoms with Gasteiger partial charge in [0, 0.05) is 17.5 Å². The van der Waals surface area contributed by atoms with Crippen molar-refractivity contribution in [3.05, 3.63) is 89.6 Å². The van der Waals surface area contributed by atoms with Crippen LogP contribution in [0, 0.1) is 6.92 Å². The molecule has 0 bridgehead atoms. The molecule has 1 aliphatic carbocycles. The van der Waals surface area contributed by atoms with Gasteiger partial charge in [-0.1, -0.05) is 60.7 Å². The minimum Gasteiger partial charge on any atom is -0.253 e. The first-order valence-electron chi connectivity index (χ1n) is 9.12. The maximum atomic E-state index is 4.85. The zero-order chi connectivity index (χ0) is 17.3. The summed E-state index contributed by atoms with van der Waals surface area (Å²) in [4.78, 5) is 4.85. The fourth-order valence-corrected chi connectivity index (χ4v) is 4.57. The van der Waals surface area contributed by atoms with Crippen LogP contribution in [0.5, 0.6) is 0 Å². The van der Waals surface area contributed by atoms with Crippen molar-refractivity contribution in [3.63, 3.8) is 0 Å². The number of aryl methyl sites for hydroxylation is 1. The van der Waals surface area contributed by atoms with Gasteiger partial charge < -0.3 is 0 Å². The standard InChI is InChI=1S/C25H17N/c1-15-21-13-18-12-17-11-10-16-6-2-3-7-19(16)22(17)14-23(18)25(21)20-8-4-5-9-24(20)26-15/h2-12,14H,13H2,1H3. The van der Waals surface area contributed by atoms with Crippen molar-refractivity contribution < 1.29 is 0 Å². The minimum atomic E-state index is 0.983. The molecule has 5 aromatic rings. The van der Waals surface area contributed by atoms with Gasteiger partial charge in [0.15, 0.2) is 0 Å². The highest BCUT2D eigenvalue weighted by Gasteiger charge is 2.24. The summed E-state index contributed by atoms with van der Waals surface area (Å²) in [6.07, 6.45) is 0.983. The highest BCUT2D eigenvalue weighted by Crippen LogP contribution is 2.44. The van der Waals surface area contributed by atoms with E-state index in [0.29, 0.717) is 0 Å². The number of benzene rings is 4. The van der Waals surface area contributed by atoms with Gasteiger partial charge in [0.05, 0.1) is 5.52 Å². The molecule has 0 spiro atoms. The van der Waals surface area contributed by atoms with Gasteiger partial charge in [-0.25, -0.2) is 0 Å². The Morgan fingerprint density at radius 2 is 1.50 bits per heavy atom. The molecule has 4 aromatic carbocycles. The van der Waals surface area contributed by atoms with Crippen LogP contribution < -0.4 is 0 Å². The average Bonchev–Trinajstić information content (AvgIpc) is 3.06. The highest BCUT2D eigenvalue weighted by molar-refractivity contribution is 6.11. The van der Waals surface area contributed by atoms with Gasteiger partial charge >= 0.3 is 0 Å². The monoisotopic (exact) mass is 331 g/mol. The number of para-hydroxylation sites is 1. The Kier molecular flexibility index (Phi) is 2.66. The molecule has 1 aromatic heterocycles. The summed E-state index contributed by atoms with van der Waals surface area (Å²) in [5.41, 5.74) is 7.82. The van der Waals surface area contributed by atoms with Crippen LogP contribution in [0.25, 0.3) is 43.6 Å². The maximum Gasteiger partial charge on any atom is 0.0711 e. The molecule has 1 nitrogen and oxygen atoms in total. The molecule has 0 amide bonds. The Hall–Kier alpha value is -3.19. The van der Waals surface area contributed by atoms with E-state index in [9.17, 15) is 0 Å². The molecule has 1 aliphatic rings. The second kappa shape index (κ2) is 4.92. The number of hydrogen-bond donors (Lipinski definition) is 0. The minimum absolute atomic E-state index is 0.983. The molecule has 1 heterocycles. The summed E-state index contributed by atoms with van der Waals surface area (Å²) in [6.45, 7) is 2.15. The van der Waals surface area contributed by atoms with E-state index in [1.807, 2.05) is 0 Å². The van der Waals surface area contributed by atoms with E-state index >= 15 is 0 Å². The average molecular weight is 331 g/mol. The van der Waals surface area contributed by atoms with E-state index in [1.165, 1.54) is 49.2 Å². The van der Waals surface area contributed by atoms with Crippen LogP contribution in [-0.4, -0.2) is 4.98 Å². The molecular formula is C25H17N. The van der Waals surface area contributed by atoms with Crippen LogP contribution in [0.3, 0.4) is 0 Å². The molecule has 0 radical (unpaired) electrons. The van der Waals surface area contributed by atoms with Crippen LogP contribution in [-0.2, 0) is 6.42 Å². The van der Waals surface area contributed by atoms with Gasteiger partial charge in [-0.2, -0.15) is 0 Å². The Morgan fingerprint density at radius 3 is 2.42 bits per heavy atom. The SMILES string of the molecule is Cc1nc2ccccc2c2c1Cc1cc3ccc4ccccc4c3cc1-2. The smallest absolute Gasteiger partial charge is 0.0711 e. The van der Waals surface area contributed by atoms with Gasteiger partial charge in [-0.05, 0) is 62.9 Å². The topological polar surface area (TPSA) is 12.9 Å². The first kappa shape index (κ1) is 14.0. The summed E-state index contributed by atoms with van der Waals surface area (Å²) >= 11 is 0. The van der Waals surface area contributed by atoms with E-state index in [2.05, 4.69) is 79.7 Å². The fraction of sp³-hybridized carbons (Fsp3) is 0.0800. The third-order valence-corrected chi connectivity index (χ3v) is 5.81. The number of aromatic nitrogens is 1. The van der Waals surface area contributed by atoms with Crippen molar-refractivity contribution in [1.29, 1.82) is 0 Å². The zero-order valence-corrected chi connectivity index (χ0v) is 14.6. The molecule has 0 unspecified atom stereocenters. The third-order valence-electron chi connectivity index (χ3n) is 5.81. The van der Waals surface area contributed by atoms with Crippen LogP contribution in [0.15, 0.2) is 72.8 Å². The van der Waals surface area contributed by atoms with Gasteiger partial charge in [0.1, 0.15) is 0 Å². The zero-order valence-electron chi connectivity index (χ0n) is 14.6. The number of rotatable bonds is 0. The van der Waals surface area contributed by atoms with E-state index in [4.69, 9.17) is 4.98 Å². The molecular weight excluding hydrogens is 314 g/mol. The predicted octanol–water partition coefficient (Wildman–Crippen LogP) is 6.42. The Bertz CT molecular complexity index is 1360. The molecule has 0 N–H and O–H groups in total. The first-order chi connectivity index (χ1) is 12.8. The van der Waals surface area contributed by atoms with Crippen molar-refractivity contribution in [1.82, 2.24) is 4.98 Å². The molecule has 0 atom stereocenters. The lowest BCUT2D eigenvalue weighted by Crippen LogP contribution is -1.92. The Labute approximate surface area is 151 Å². The summed E-state index contributed by atoms with van der Waals surface area (Å²) in [6, 6.07) is 26.5. The number of hydrogen-bond acceptors (Lipinski definition) is 1. The summed E-state index contributed by atoms with van der Waals surface area (Å²) in [7, 11) is 0. The predicted molar refractivity (Wildman–Crippen MR) is 110 cm³/mol. The summed E-state index contributed by atoms with van der Waals surface area (Å²) in [5, 5.41) is 6.56. The van der Waals surface area contributed by atoms with Gasteiger partial charge in [0.25, 0.3) is 0 Å². The molecule has 26 heavy (non-hydrogen) atoms. The fourth-order valence-electron chi connectivity index (χ4n) is 4.57. The van der Waals surface area contributed by atoms with Crippen LogP contribution in [0.2, 0.25) is 0 Å². The Balaban J connectivity index is 1.78. The van der Waals surface area contributed by atoms with E-state index in [-0.39, 0.29) is 0 Å². The van der Waals surface area contributed by atoms with Crippen LogP contribution >= 0.6 is 0 Å².